The van der Waals surface area contributed by atoms with Crippen molar-refractivity contribution in [3.8, 4) is 5.75 Å². The molecule has 0 aromatic heterocycles. The van der Waals surface area contributed by atoms with Gasteiger partial charge in [-0.05, 0) is 56.6 Å². The van der Waals surface area contributed by atoms with Crippen molar-refractivity contribution >= 4 is 22.1 Å². The number of carboxylic acid groups (broad SMARTS) is 1. The number of alkyl halides is 3. The van der Waals surface area contributed by atoms with Crippen molar-refractivity contribution in [1.82, 2.24) is 0 Å². The lowest BCUT2D eigenvalue weighted by Crippen LogP contribution is -2.29. The summed E-state index contributed by atoms with van der Waals surface area (Å²) in [6.07, 6.45) is 3.24. The van der Waals surface area contributed by atoms with Crippen LogP contribution in [0.1, 0.15) is 71.1 Å². The number of allylic oxidation sites excluding steroid dienone is 2. The monoisotopic (exact) mass is 462 g/mol. The number of ether oxygens (including phenoxy) is 1. The smallest absolute Gasteiger partial charge is 0.481 e. The molecule has 1 N–H and O–H groups in total. The standard InChI is InChI=1S/C20H21F3O7S/c1-10(4-8-15(24)25)3-7-13-16(12-5-6-12)11(2)14-9-29-19(26)17(14)18(13)30-31(27,28)20(21,22)23/h3,12H,4-9H2,1-2H3,(H,24,25)/b10-3+. The Bertz CT molecular complexity index is 1070. The molecule has 3 rings (SSSR count). The minimum atomic E-state index is -6.02. The maximum Gasteiger partial charge on any atom is 0.534 e. The number of benzene rings is 1. The highest BCUT2D eigenvalue weighted by Gasteiger charge is 2.50. The lowest BCUT2D eigenvalue weighted by Gasteiger charge is -2.20. The van der Waals surface area contributed by atoms with Gasteiger partial charge in [0, 0.05) is 17.5 Å². The number of carboxylic acids is 1. The number of fused-ring (bicyclic) bond motifs is 1. The highest BCUT2D eigenvalue weighted by Crippen LogP contribution is 2.50. The predicted octanol–water partition coefficient (Wildman–Crippen LogP) is 4.12. The van der Waals surface area contributed by atoms with Crippen LogP contribution in [0.25, 0.3) is 0 Å². The van der Waals surface area contributed by atoms with Crippen LogP contribution < -0.4 is 4.18 Å². The Labute approximate surface area is 177 Å². The van der Waals surface area contributed by atoms with E-state index in [1.807, 2.05) is 0 Å². The molecule has 2 aliphatic rings. The Kier molecular flexibility index (Phi) is 6.09. The normalized spacial score (nSPS) is 16.8. The van der Waals surface area contributed by atoms with Crippen LogP contribution in [0, 0.1) is 6.92 Å². The topological polar surface area (TPSA) is 107 Å². The summed E-state index contributed by atoms with van der Waals surface area (Å²) in [5.74, 6) is -2.58. The maximum atomic E-state index is 13.0. The first-order valence-electron chi connectivity index (χ1n) is 9.57. The summed E-state index contributed by atoms with van der Waals surface area (Å²) in [6.45, 7) is 3.22. The molecular weight excluding hydrogens is 441 g/mol. The first-order valence-corrected chi connectivity index (χ1v) is 11.0. The van der Waals surface area contributed by atoms with Gasteiger partial charge in [0.25, 0.3) is 0 Å². The van der Waals surface area contributed by atoms with Crippen LogP contribution in [-0.2, 0) is 32.7 Å². The van der Waals surface area contributed by atoms with Crippen LogP contribution in [0.3, 0.4) is 0 Å². The zero-order valence-electron chi connectivity index (χ0n) is 16.8. The second kappa shape index (κ2) is 8.18. The summed E-state index contributed by atoms with van der Waals surface area (Å²) in [7, 11) is -6.02. The van der Waals surface area contributed by atoms with Crippen molar-refractivity contribution in [1.29, 1.82) is 0 Å². The van der Waals surface area contributed by atoms with E-state index in [0.717, 1.165) is 12.8 Å². The van der Waals surface area contributed by atoms with Gasteiger partial charge < -0.3 is 14.0 Å². The molecule has 11 heteroatoms. The van der Waals surface area contributed by atoms with Crippen molar-refractivity contribution in [3.05, 3.63) is 39.5 Å². The zero-order chi connectivity index (χ0) is 23.1. The van der Waals surface area contributed by atoms with Gasteiger partial charge in [0.15, 0.2) is 5.75 Å². The average molecular weight is 462 g/mol. The van der Waals surface area contributed by atoms with Gasteiger partial charge in [-0.25, -0.2) is 4.79 Å². The molecule has 0 spiro atoms. The molecule has 1 aromatic rings. The summed E-state index contributed by atoms with van der Waals surface area (Å²) in [6, 6.07) is 0. The Morgan fingerprint density at radius 2 is 1.94 bits per heavy atom. The van der Waals surface area contributed by atoms with Crippen molar-refractivity contribution in [3.63, 3.8) is 0 Å². The van der Waals surface area contributed by atoms with Gasteiger partial charge in [-0.3, -0.25) is 4.79 Å². The second-order valence-electron chi connectivity index (χ2n) is 7.68. The van der Waals surface area contributed by atoms with E-state index in [1.54, 1.807) is 19.9 Å². The number of rotatable bonds is 8. The summed E-state index contributed by atoms with van der Waals surface area (Å²) in [5, 5.41) is 8.82. The van der Waals surface area contributed by atoms with E-state index in [9.17, 15) is 31.2 Å². The molecule has 1 aromatic carbocycles. The third-order valence-corrected chi connectivity index (χ3v) is 6.34. The summed E-state index contributed by atoms with van der Waals surface area (Å²) < 4.78 is 72.2. The second-order valence-corrected chi connectivity index (χ2v) is 9.22. The minimum Gasteiger partial charge on any atom is -0.481 e. The van der Waals surface area contributed by atoms with Gasteiger partial charge in [-0.2, -0.15) is 21.6 Å². The Morgan fingerprint density at radius 1 is 1.29 bits per heavy atom. The molecule has 0 amide bonds. The summed E-state index contributed by atoms with van der Waals surface area (Å²) >= 11 is 0. The lowest BCUT2D eigenvalue weighted by molar-refractivity contribution is -0.136. The van der Waals surface area contributed by atoms with Gasteiger partial charge in [0.05, 0.1) is 0 Å². The average Bonchev–Trinajstić information content (AvgIpc) is 3.41. The first kappa shape index (κ1) is 23.1. The highest BCUT2D eigenvalue weighted by molar-refractivity contribution is 7.88. The van der Waals surface area contributed by atoms with Crippen LogP contribution in [0.15, 0.2) is 11.6 Å². The Hall–Kier alpha value is -2.56. The number of hydrogen-bond donors (Lipinski definition) is 1. The van der Waals surface area contributed by atoms with Crippen molar-refractivity contribution in [2.75, 3.05) is 0 Å². The van der Waals surface area contributed by atoms with Crippen molar-refractivity contribution in [2.24, 2.45) is 0 Å². The number of aliphatic carboxylic acids is 1. The van der Waals surface area contributed by atoms with Crippen LogP contribution in [0.4, 0.5) is 13.2 Å². The Morgan fingerprint density at radius 3 is 2.48 bits per heavy atom. The molecule has 31 heavy (non-hydrogen) atoms. The van der Waals surface area contributed by atoms with E-state index < -0.39 is 33.3 Å². The third-order valence-electron chi connectivity index (χ3n) is 5.39. The zero-order valence-corrected chi connectivity index (χ0v) is 17.7. The molecular formula is C20H21F3O7S. The number of halogens is 3. The molecule has 1 heterocycles. The quantitative estimate of drug-likeness (QED) is 0.268. The number of cyclic esters (lactones) is 1. The van der Waals surface area contributed by atoms with Gasteiger partial charge >= 0.3 is 27.6 Å². The van der Waals surface area contributed by atoms with Gasteiger partial charge in [0.1, 0.15) is 12.2 Å². The van der Waals surface area contributed by atoms with Gasteiger partial charge in [-0.15, -0.1) is 0 Å². The molecule has 1 aliphatic carbocycles. The third kappa shape index (κ3) is 4.70. The number of esters is 1. The lowest BCUT2D eigenvalue weighted by atomic mass is 9.88. The molecule has 170 valence electrons. The van der Waals surface area contributed by atoms with Crippen LogP contribution in [0.5, 0.6) is 5.75 Å². The van der Waals surface area contributed by atoms with E-state index in [-0.39, 0.29) is 42.9 Å². The fraction of sp³-hybridized carbons (Fsp3) is 0.500. The van der Waals surface area contributed by atoms with Crippen LogP contribution in [0.2, 0.25) is 0 Å². The van der Waals surface area contributed by atoms with Crippen molar-refractivity contribution < 1.29 is 45.2 Å². The molecule has 0 atom stereocenters. The first-order chi connectivity index (χ1) is 14.3. The number of hydrogen-bond acceptors (Lipinski definition) is 6. The molecule has 0 bridgehead atoms. The number of carbonyl (C=O) groups is 2. The summed E-state index contributed by atoms with van der Waals surface area (Å²) in [4.78, 5) is 23.1. The fourth-order valence-corrected chi connectivity index (χ4v) is 4.15. The fourth-order valence-electron chi connectivity index (χ4n) is 3.65. The van der Waals surface area contributed by atoms with E-state index in [1.165, 1.54) is 0 Å². The molecule has 1 saturated carbocycles. The van der Waals surface area contributed by atoms with Crippen LogP contribution >= 0.6 is 0 Å². The van der Waals surface area contributed by atoms with Gasteiger partial charge in [-0.1, -0.05) is 11.6 Å². The molecule has 7 nitrogen and oxygen atoms in total. The molecule has 0 radical (unpaired) electrons. The highest BCUT2D eigenvalue weighted by atomic mass is 32.2. The number of carbonyl (C=O) groups excluding carboxylic acids is 1. The predicted molar refractivity (Wildman–Crippen MR) is 102 cm³/mol. The minimum absolute atomic E-state index is 0.0125. The van der Waals surface area contributed by atoms with E-state index in [4.69, 9.17) is 9.84 Å². The molecule has 1 fully saturated rings. The Balaban J connectivity index is 2.16. The molecule has 1 aliphatic heterocycles. The van der Waals surface area contributed by atoms with E-state index >= 15 is 0 Å². The molecule has 0 unspecified atom stereocenters. The SMILES string of the molecule is C/C(=C\Cc1c(OS(=O)(=O)C(F)(F)F)c2c(c(C)c1C1CC1)COC2=O)CCC(=O)O. The van der Waals surface area contributed by atoms with Crippen molar-refractivity contribution in [2.45, 2.75) is 64.0 Å². The largest absolute Gasteiger partial charge is 0.534 e. The van der Waals surface area contributed by atoms with Gasteiger partial charge in [0.2, 0.25) is 0 Å². The van der Waals surface area contributed by atoms with E-state index in [0.29, 0.717) is 22.3 Å². The maximum absolute atomic E-state index is 13.0. The van der Waals surface area contributed by atoms with Crippen LogP contribution in [-0.4, -0.2) is 31.0 Å². The van der Waals surface area contributed by atoms with E-state index in [2.05, 4.69) is 4.18 Å². The molecule has 0 saturated heterocycles. The summed E-state index contributed by atoms with van der Waals surface area (Å²) in [5.41, 5.74) is -3.47.